The highest BCUT2D eigenvalue weighted by Crippen LogP contribution is 2.37. The zero-order valence-corrected chi connectivity index (χ0v) is 13.4. The Morgan fingerprint density at radius 1 is 1.08 bits per heavy atom. The molecular formula is C16H13ClF4N2O2. The third kappa shape index (κ3) is 3.54. The zero-order chi connectivity index (χ0) is 17.4. The van der Waals surface area contributed by atoms with E-state index in [4.69, 9.17) is 10.5 Å². The van der Waals surface area contributed by atoms with E-state index in [1.54, 1.807) is 0 Å². The van der Waals surface area contributed by atoms with Crippen LogP contribution in [0.15, 0.2) is 24.3 Å². The van der Waals surface area contributed by atoms with Crippen LogP contribution in [0.4, 0.5) is 23.2 Å². The molecule has 1 aliphatic rings. The smallest absolute Gasteiger partial charge is 0.262 e. The minimum atomic E-state index is -1.17. The summed E-state index contributed by atoms with van der Waals surface area (Å²) in [6.45, 7) is 0.0997. The molecule has 0 aliphatic carbocycles. The normalized spacial score (nSPS) is 15.6. The molecule has 0 bridgehead atoms. The number of ether oxygens (including phenoxy) is 1. The number of hydrogen-bond acceptors (Lipinski definition) is 3. The van der Waals surface area contributed by atoms with Crippen LogP contribution in [0.2, 0.25) is 0 Å². The first-order valence-electron chi connectivity index (χ1n) is 7.05. The molecule has 3 rings (SSSR count). The Morgan fingerprint density at radius 3 is 2.48 bits per heavy atom. The largest absolute Gasteiger partial charge is 0.492 e. The van der Waals surface area contributed by atoms with Crippen LogP contribution >= 0.6 is 12.4 Å². The van der Waals surface area contributed by atoms with Gasteiger partial charge in [0.05, 0.1) is 6.61 Å². The highest BCUT2D eigenvalue weighted by molar-refractivity contribution is 6.06. The van der Waals surface area contributed by atoms with Gasteiger partial charge < -0.3 is 15.8 Å². The fraction of sp³-hybridized carbons (Fsp3) is 0.188. The van der Waals surface area contributed by atoms with Gasteiger partial charge in [0.1, 0.15) is 22.9 Å². The van der Waals surface area contributed by atoms with E-state index in [1.807, 2.05) is 0 Å². The van der Waals surface area contributed by atoms with Gasteiger partial charge in [-0.2, -0.15) is 0 Å². The number of amides is 1. The third-order valence-electron chi connectivity index (χ3n) is 3.67. The Balaban J connectivity index is 0.00000225. The number of carbonyl (C=O) groups is 1. The Hall–Kier alpha value is -2.32. The summed E-state index contributed by atoms with van der Waals surface area (Å²) in [5, 5.41) is 2.22. The van der Waals surface area contributed by atoms with Gasteiger partial charge in [-0.25, -0.2) is 17.6 Å². The predicted molar refractivity (Wildman–Crippen MR) is 85.0 cm³/mol. The van der Waals surface area contributed by atoms with E-state index in [9.17, 15) is 22.4 Å². The summed E-state index contributed by atoms with van der Waals surface area (Å²) < 4.78 is 59.4. The number of rotatable bonds is 2. The summed E-state index contributed by atoms with van der Waals surface area (Å²) in [6, 6.07) is 2.48. The van der Waals surface area contributed by atoms with Crippen LogP contribution in [0.5, 0.6) is 5.75 Å². The van der Waals surface area contributed by atoms with E-state index in [-0.39, 0.29) is 36.0 Å². The second-order valence-electron chi connectivity index (χ2n) is 5.28. The maximum atomic E-state index is 14.1. The average molecular weight is 377 g/mol. The number of anilines is 1. The van der Waals surface area contributed by atoms with Gasteiger partial charge in [-0.3, -0.25) is 4.79 Å². The van der Waals surface area contributed by atoms with Crippen LogP contribution in [0.3, 0.4) is 0 Å². The summed E-state index contributed by atoms with van der Waals surface area (Å²) >= 11 is 0. The van der Waals surface area contributed by atoms with Gasteiger partial charge in [-0.1, -0.05) is 0 Å². The molecule has 1 atom stereocenters. The molecule has 2 aromatic rings. The summed E-state index contributed by atoms with van der Waals surface area (Å²) in [5.74, 6) is -5.56. The van der Waals surface area contributed by atoms with Crippen molar-refractivity contribution in [3.05, 3.63) is 58.7 Å². The van der Waals surface area contributed by atoms with E-state index >= 15 is 0 Å². The summed E-state index contributed by atoms with van der Waals surface area (Å²) in [7, 11) is 0. The highest BCUT2D eigenvalue weighted by Gasteiger charge is 2.30. The van der Waals surface area contributed by atoms with Gasteiger partial charge in [0.2, 0.25) is 0 Å². The number of carbonyl (C=O) groups excluding carboxylic acids is 1. The molecule has 1 heterocycles. The third-order valence-corrected chi connectivity index (χ3v) is 3.67. The van der Waals surface area contributed by atoms with Crippen LogP contribution < -0.4 is 15.8 Å². The second-order valence-corrected chi connectivity index (χ2v) is 5.28. The van der Waals surface area contributed by atoms with Crippen molar-refractivity contribution in [1.29, 1.82) is 0 Å². The van der Waals surface area contributed by atoms with Crippen molar-refractivity contribution in [1.82, 2.24) is 0 Å². The summed E-state index contributed by atoms with van der Waals surface area (Å²) in [6.07, 6.45) is 0.319. The molecule has 134 valence electrons. The van der Waals surface area contributed by atoms with Crippen molar-refractivity contribution in [2.24, 2.45) is 5.73 Å². The quantitative estimate of drug-likeness (QED) is 0.785. The number of nitrogens with one attached hydrogen (secondary N) is 1. The lowest BCUT2D eigenvalue weighted by Crippen LogP contribution is -2.26. The Kier molecular flexibility index (Phi) is 5.54. The fourth-order valence-corrected chi connectivity index (χ4v) is 2.52. The number of hydrogen-bond donors (Lipinski definition) is 2. The molecule has 1 amide bonds. The predicted octanol–water partition coefficient (Wildman–Crippen LogP) is 3.70. The van der Waals surface area contributed by atoms with Gasteiger partial charge in [-0.05, 0) is 12.1 Å². The second kappa shape index (κ2) is 7.28. The van der Waals surface area contributed by atoms with Crippen LogP contribution in [0.25, 0.3) is 0 Å². The first-order chi connectivity index (χ1) is 11.4. The van der Waals surface area contributed by atoms with Gasteiger partial charge in [0, 0.05) is 35.8 Å². The molecular weight excluding hydrogens is 364 g/mol. The summed E-state index contributed by atoms with van der Waals surface area (Å²) in [5.41, 5.74) is 5.08. The van der Waals surface area contributed by atoms with Gasteiger partial charge in [0.25, 0.3) is 5.91 Å². The molecule has 0 spiro atoms. The van der Waals surface area contributed by atoms with Crippen molar-refractivity contribution in [2.75, 3.05) is 11.9 Å². The van der Waals surface area contributed by atoms with Gasteiger partial charge >= 0.3 is 0 Å². The fourth-order valence-electron chi connectivity index (χ4n) is 2.52. The van der Waals surface area contributed by atoms with Crippen molar-refractivity contribution in [3.8, 4) is 5.75 Å². The minimum Gasteiger partial charge on any atom is -0.492 e. The minimum absolute atomic E-state index is 0. The van der Waals surface area contributed by atoms with Crippen LogP contribution in [-0.2, 0) is 0 Å². The molecule has 0 saturated heterocycles. The molecule has 25 heavy (non-hydrogen) atoms. The molecule has 1 aliphatic heterocycles. The van der Waals surface area contributed by atoms with Crippen LogP contribution in [0.1, 0.15) is 28.4 Å². The Labute approximate surface area is 146 Å². The van der Waals surface area contributed by atoms with E-state index in [2.05, 4.69) is 5.32 Å². The molecule has 2 aromatic carbocycles. The standard InChI is InChI=1S/C16H12F4N2O2.ClH/c17-8-2-1-7(5-9(8)18)22-16(23)14-11(20)6-10(19)13-12(21)3-4-24-15(13)14;/h1-2,5-6,12H,3-4,21H2,(H,22,23);1H/t12-;/m0./s1. The van der Waals surface area contributed by atoms with Crippen LogP contribution in [-0.4, -0.2) is 12.5 Å². The monoisotopic (exact) mass is 376 g/mol. The van der Waals surface area contributed by atoms with E-state index < -0.39 is 40.8 Å². The number of halogens is 5. The Bertz CT molecular complexity index is 832. The molecule has 0 fully saturated rings. The molecule has 0 unspecified atom stereocenters. The first kappa shape index (κ1) is 19.0. The lowest BCUT2D eigenvalue weighted by Gasteiger charge is -2.25. The number of benzene rings is 2. The van der Waals surface area contributed by atoms with Crippen molar-refractivity contribution >= 4 is 24.0 Å². The van der Waals surface area contributed by atoms with E-state index in [1.165, 1.54) is 0 Å². The number of fused-ring (bicyclic) bond motifs is 1. The number of nitrogens with two attached hydrogens (primary N) is 1. The average Bonchev–Trinajstić information content (AvgIpc) is 2.50. The maximum Gasteiger partial charge on any atom is 0.262 e. The Morgan fingerprint density at radius 2 is 1.80 bits per heavy atom. The molecule has 0 aromatic heterocycles. The lowest BCUT2D eigenvalue weighted by atomic mass is 9.96. The first-order valence-corrected chi connectivity index (χ1v) is 7.05. The zero-order valence-electron chi connectivity index (χ0n) is 12.6. The molecule has 0 saturated carbocycles. The SMILES string of the molecule is Cl.N[C@H]1CCOc2c(C(=O)Nc3ccc(F)c(F)c3)c(F)cc(F)c21. The molecule has 9 heteroatoms. The maximum absolute atomic E-state index is 14.1. The van der Waals surface area contributed by atoms with Crippen molar-refractivity contribution < 1.29 is 27.1 Å². The molecule has 4 nitrogen and oxygen atoms in total. The molecule has 0 radical (unpaired) electrons. The van der Waals surface area contributed by atoms with Gasteiger partial charge in [-0.15, -0.1) is 12.4 Å². The van der Waals surface area contributed by atoms with E-state index in [0.717, 1.165) is 18.2 Å². The highest BCUT2D eigenvalue weighted by atomic mass is 35.5. The van der Waals surface area contributed by atoms with Crippen molar-refractivity contribution in [2.45, 2.75) is 12.5 Å². The van der Waals surface area contributed by atoms with E-state index in [0.29, 0.717) is 12.5 Å². The van der Waals surface area contributed by atoms with Gasteiger partial charge in [0.15, 0.2) is 11.6 Å². The topological polar surface area (TPSA) is 64.3 Å². The molecule has 3 N–H and O–H groups in total. The van der Waals surface area contributed by atoms with Crippen LogP contribution in [0, 0.1) is 23.3 Å². The summed E-state index contributed by atoms with van der Waals surface area (Å²) in [4.78, 5) is 12.3. The van der Waals surface area contributed by atoms with Crippen molar-refractivity contribution in [3.63, 3.8) is 0 Å². The lowest BCUT2D eigenvalue weighted by molar-refractivity contribution is 0.101.